The minimum atomic E-state index is 0.574. The van der Waals surface area contributed by atoms with Crippen molar-refractivity contribution in [3.05, 3.63) is 53.2 Å². The molecule has 0 bridgehead atoms. The lowest BCUT2D eigenvalue weighted by Crippen LogP contribution is -2.36. The summed E-state index contributed by atoms with van der Waals surface area (Å²) in [6.45, 7) is 1.22. The molecule has 3 rings (SSSR count). The second kappa shape index (κ2) is 6.70. The number of hydrogen-bond donors (Lipinski definition) is 2. The van der Waals surface area contributed by atoms with E-state index in [9.17, 15) is 0 Å². The second-order valence-corrected chi connectivity index (χ2v) is 5.51. The maximum absolute atomic E-state index is 5.98. The molecule has 0 radical (unpaired) electrons. The van der Waals surface area contributed by atoms with Gasteiger partial charge in [-0.2, -0.15) is 5.10 Å². The van der Waals surface area contributed by atoms with Crippen LogP contribution in [0.1, 0.15) is 11.4 Å². The van der Waals surface area contributed by atoms with Crippen LogP contribution >= 0.6 is 11.6 Å². The van der Waals surface area contributed by atoms with E-state index >= 15 is 0 Å². The topological polar surface area (TPSA) is 71.5 Å². The lowest BCUT2D eigenvalue weighted by molar-refractivity contribution is 0.684. The van der Waals surface area contributed by atoms with E-state index < -0.39 is 0 Å². The van der Waals surface area contributed by atoms with Gasteiger partial charge in [0.25, 0.3) is 0 Å². The van der Waals surface area contributed by atoms with E-state index in [2.05, 4.69) is 25.7 Å². The number of aromatic nitrogens is 4. The summed E-state index contributed by atoms with van der Waals surface area (Å²) >= 11 is 5.98. The minimum Gasteiger partial charge on any atom is -0.351 e. The molecular weight excluding hydrogens is 314 g/mol. The summed E-state index contributed by atoms with van der Waals surface area (Å²) in [5.41, 5.74) is 2.86. The van der Waals surface area contributed by atoms with Gasteiger partial charge in [0.05, 0.1) is 29.5 Å². The molecule has 7 nitrogen and oxygen atoms in total. The number of pyridine rings is 1. The standard InChI is InChI=1S/C15H18ClN7/c1-17-15(19-8-13-5-6-20-22(13)2)18-7-12-10-23-9-11(16)3-4-14(23)21-12/h3-6,9-10H,7-8H2,1-2H3,(H2,17,18,19). The molecule has 0 saturated carbocycles. The first-order chi connectivity index (χ1) is 11.2. The Balaban J connectivity index is 1.59. The monoisotopic (exact) mass is 331 g/mol. The van der Waals surface area contributed by atoms with Gasteiger partial charge in [-0.1, -0.05) is 11.6 Å². The lowest BCUT2D eigenvalue weighted by atomic mass is 10.4. The molecule has 0 aliphatic carbocycles. The van der Waals surface area contributed by atoms with Crippen LogP contribution in [0.5, 0.6) is 0 Å². The van der Waals surface area contributed by atoms with Crippen molar-refractivity contribution >= 4 is 23.2 Å². The zero-order chi connectivity index (χ0) is 16.2. The average molecular weight is 332 g/mol. The van der Waals surface area contributed by atoms with Crippen LogP contribution in [0.3, 0.4) is 0 Å². The van der Waals surface area contributed by atoms with Crippen LogP contribution in [0, 0.1) is 0 Å². The zero-order valence-electron chi connectivity index (χ0n) is 13.0. The van der Waals surface area contributed by atoms with Crippen LogP contribution in [-0.4, -0.2) is 32.2 Å². The molecule has 3 aromatic rings. The molecule has 0 unspecified atom stereocenters. The second-order valence-electron chi connectivity index (χ2n) is 5.07. The number of nitrogens with one attached hydrogen (secondary N) is 2. The first kappa shape index (κ1) is 15.4. The van der Waals surface area contributed by atoms with Crippen LogP contribution in [0.15, 0.2) is 41.8 Å². The molecule has 0 aliphatic heterocycles. The first-order valence-corrected chi connectivity index (χ1v) is 7.58. The third kappa shape index (κ3) is 3.62. The number of hydrogen-bond acceptors (Lipinski definition) is 3. The summed E-state index contributed by atoms with van der Waals surface area (Å²) in [6.07, 6.45) is 5.56. The molecule has 0 amide bonds. The Morgan fingerprint density at radius 3 is 2.78 bits per heavy atom. The minimum absolute atomic E-state index is 0.574. The van der Waals surface area contributed by atoms with Gasteiger partial charge in [0.2, 0.25) is 0 Å². The largest absolute Gasteiger partial charge is 0.351 e. The summed E-state index contributed by atoms with van der Waals surface area (Å²) in [7, 11) is 3.65. The van der Waals surface area contributed by atoms with Gasteiger partial charge in [0.1, 0.15) is 5.65 Å². The predicted octanol–water partition coefficient (Wildman–Crippen LogP) is 1.59. The zero-order valence-corrected chi connectivity index (χ0v) is 13.7. The van der Waals surface area contributed by atoms with Crippen molar-refractivity contribution in [1.29, 1.82) is 0 Å². The third-order valence-electron chi connectivity index (χ3n) is 3.48. The molecule has 8 heteroatoms. The van der Waals surface area contributed by atoms with Gasteiger partial charge in [-0.3, -0.25) is 9.67 Å². The molecule has 0 saturated heterocycles. The van der Waals surface area contributed by atoms with Crippen molar-refractivity contribution in [2.45, 2.75) is 13.1 Å². The van der Waals surface area contributed by atoms with Crippen molar-refractivity contribution < 1.29 is 0 Å². The molecule has 3 heterocycles. The van der Waals surface area contributed by atoms with Crippen LogP contribution in [0.25, 0.3) is 5.65 Å². The highest BCUT2D eigenvalue weighted by Crippen LogP contribution is 2.11. The fraction of sp³-hybridized carbons (Fsp3) is 0.267. The molecular formula is C15H18ClN7. The van der Waals surface area contributed by atoms with Gasteiger partial charge in [0.15, 0.2) is 5.96 Å². The molecule has 0 atom stereocenters. The normalized spacial score (nSPS) is 11.9. The van der Waals surface area contributed by atoms with Crippen LogP contribution < -0.4 is 10.6 Å². The Bertz CT molecular complexity index is 833. The van der Waals surface area contributed by atoms with E-state index in [4.69, 9.17) is 11.6 Å². The Labute approximate surface area is 139 Å². The van der Waals surface area contributed by atoms with Crippen molar-refractivity contribution in [3.8, 4) is 0 Å². The number of rotatable bonds is 4. The number of halogens is 1. The lowest BCUT2D eigenvalue weighted by Gasteiger charge is -2.10. The Morgan fingerprint density at radius 1 is 1.22 bits per heavy atom. The molecule has 0 fully saturated rings. The van der Waals surface area contributed by atoms with Gasteiger partial charge in [0, 0.05) is 32.7 Å². The third-order valence-corrected chi connectivity index (χ3v) is 3.71. The number of aliphatic imine (C=N–C) groups is 1. The quantitative estimate of drug-likeness (QED) is 0.562. The molecule has 0 aliphatic rings. The molecule has 0 spiro atoms. The summed E-state index contributed by atoms with van der Waals surface area (Å²) in [4.78, 5) is 8.74. The van der Waals surface area contributed by atoms with Crippen molar-refractivity contribution in [2.24, 2.45) is 12.0 Å². The van der Waals surface area contributed by atoms with Gasteiger partial charge in [-0.05, 0) is 18.2 Å². The van der Waals surface area contributed by atoms with E-state index in [1.807, 2.05) is 46.7 Å². The highest BCUT2D eigenvalue weighted by atomic mass is 35.5. The number of nitrogens with zero attached hydrogens (tertiary/aromatic N) is 5. The van der Waals surface area contributed by atoms with Gasteiger partial charge in [-0.25, -0.2) is 4.98 Å². The first-order valence-electron chi connectivity index (χ1n) is 7.20. The maximum atomic E-state index is 5.98. The van der Waals surface area contributed by atoms with Crippen LogP contribution in [-0.2, 0) is 20.1 Å². The molecule has 23 heavy (non-hydrogen) atoms. The smallest absolute Gasteiger partial charge is 0.191 e. The van der Waals surface area contributed by atoms with E-state index in [-0.39, 0.29) is 0 Å². The molecule has 2 N–H and O–H groups in total. The number of guanidine groups is 1. The molecule has 120 valence electrons. The van der Waals surface area contributed by atoms with E-state index in [0.717, 1.165) is 17.0 Å². The number of imidazole rings is 1. The summed E-state index contributed by atoms with van der Waals surface area (Å²) in [6, 6.07) is 5.68. The summed E-state index contributed by atoms with van der Waals surface area (Å²) < 4.78 is 3.73. The SMILES string of the molecule is CN=C(NCc1cn2cc(Cl)ccc2n1)NCc1ccnn1C. The Kier molecular flexibility index (Phi) is 4.47. The fourth-order valence-electron chi connectivity index (χ4n) is 2.25. The van der Waals surface area contributed by atoms with E-state index in [1.165, 1.54) is 0 Å². The van der Waals surface area contributed by atoms with Gasteiger partial charge < -0.3 is 15.0 Å². The highest BCUT2D eigenvalue weighted by molar-refractivity contribution is 6.30. The average Bonchev–Trinajstić information content (AvgIpc) is 3.13. The number of aryl methyl sites for hydroxylation is 1. The van der Waals surface area contributed by atoms with Crippen molar-refractivity contribution in [3.63, 3.8) is 0 Å². The van der Waals surface area contributed by atoms with Crippen molar-refractivity contribution in [1.82, 2.24) is 29.8 Å². The Morgan fingerprint density at radius 2 is 2.04 bits per heavy atom. The van der Waals surface area contributed by atoms with E-state index in [0.29, 0.717) is 24.1 Å². The predicted molar refractivity (Wildman–Crippen MR) is 90.4 cm³/mol. The van der Waals surface area contributed by atoms with E-state index in [1.54, 1.807) is 13.2 Å². The summed E-state index contributed by atoms with van der Waals surface area (Å²) in [5, 5.41) is 11.3. The highest BCUT2D eigenvalue weighted by Gasteiger charge is 2.05. The van der Waals surface area contributed by atoms with Crippen LogP contribution in [0.2, 0.25) is 5.02 Å². The molecule has 0 aromatic carbocycles. The summed E-state index contributed by atoms with van der Waals surface area (Å²) in [5.74, 6) is 0.710. The van der Waals surface area contributed by atoms with Crippen molar-refractivity contribution in [2.75, 3.05) is 7.05 Å². The van der Waals surface area contributed by atoms with Crippen LogP contribution in [0.4, 0.5) is 0 Å². The Hall–Kier alpha value is -2.54. The number of fused-ring (bicyclic) bond motifs is 1. The maximum Gasteiger partial charge on any atom is 0.191 e. The van der Waals surface area contributed by atoms with Gasteiger partial charge in [-0.15, -0.1) is 0 Å². The fourth-order valence-corrected chi connectivity index (χ4v) is 2.41. The van der Waals surface area contributed by atoms with Gasteiger partial charge >= 0.3 is 0 Å². The molecule has 3 aromatic heterocycles.